The Bertz CT molecular complexity index is 3720. The molecule has 1 spiro atoms. The number of ether oxygens (including phenoxy) is 1. The van der Waals surface area contributed by atoms with E-state index in [0.717, 1.165) is 46.1 Å². The van der Waals surface area contributed by atoms with E-state index in [1.54, 1.807) is 0 Å². The Kier molecular flexibility index (Phi) is 11.8. The van der Waals surface area contributed by atoms with Gasteiger partial charge in [-0.25, -0.2) is 0 Å². The number of aryl methyl sites for hydroxylation is 4. The highest BCUT2D eigenvalue weighted by Crippen LogP contribution is 2.70. The zero-order valence-electron chi connectivity index (χ0n) is 47.0. The normalized spacial score (nSPS) is 20.2. The molecule has 0 atom stereocenters. The first-order valence-electron chi connectivity index (χ1n) is 28.6. The highest BCUT2D eigenvalue weighted by molar-refractivity contribution is 6.04. The number of fused-ring (bicyclic) bond motifs is 4. The van der Waals surface area contributed by atoms with Crippen molar-refractivity contribution in [1.82, 2.24) is 0 Å². The second-order valence-corrected chi connectivity index (χ2v) is 25.7. The topological polar surface area (TPSA) is 15.7 Å². The zero-order chi connectivity index (χ0) is 53.1. The lowest BCUT2D eigenvalue weighted by Gasteiger charge is -2.63. The van der Waals surface area contributed by atoms with Crippen LogP contribution in [0.3, 0.4) is 0 Å². The van der Waals surface area contributed by atoms with Crippen LogP contribution in [0.5, 0.6) is 11.5 Å². The summed E-state index contributed by atoms with van der Waals surface area (Å²) in [5.74, 6) is 4.60. The Hall–Kier alpha value is -7.36. The molecule has 4 saturated carbocycles. The van der Waals surface area contributed by atoms with E-state index >= 15 is 0 Å². The van der Waals surface area contributed by atoms with Gasteiger partial charge in [-0.2, -0.15) is 0 Å². The Morgan fingerprint density at radius 1 is 0.390 bits per heavy atom. The molecule has 3 nitrogen and oxygen atoms in total. The van der Waals surface area contributed by atoms with Crippen LogP contribution in [0.4, 0.5) is 34.1 Å². The summed E-state index contributed by atoms with van der Waals surface area (Å²) >= 11 is 0. The number of nitrogens with zero attached hydrogens (tertiary/aromatic N) is 2. The first kappa shape index (κ1) is 49.2. The molecule has 0 unspecified atom stereocenters. The number of rotatable bonds is 8. The number of anilines is 6. The van der Waals surface area contributed by atoms with Gasteiger partial charge in [0, 0.05) is 55.8 Å². The molecule has 4 fully saturated rings. The average molecular weight is 1010 g/mol. The summed E-state index contributed by atoms with van der Waals surface area (Å²) in [7, 11) is 0. The van der Waals surface area contributed by atoms with Crippen LogP contribution in [0.1, 0.15) is 118 Å². The van der Waals surface area contributed by atoms with Crippen molar-refractivity contribution < 1.29 is 4.74 Å². The van der Waals surface area contributed by atoms with Crippen molar-refractivity contribution in [2.24, 2.45) is 23.7 Å². The van der Waals surface area contributed by atoms with Gasteiger partial charge in [0.15, 0.2) is 0 Å². The summed E-state index contributed by atoms with van der Waals surface area (Å²) in [4.78, 5) is 5.07. The van der Waals surface area contributed by atoms with E-state index < -0.39 is 0 Å². The molecule has 386 valence electrons. The van der Waals surface area contributed by atoms with Gasteiger partial charge in [0.2, 0.25) is 0 Å². The molecular formula is C74H74N2O. The van der Waals surface area contributed by atoms with Gasteiger partial charge in [-0.1, -0.05) is 151 Å². The fraction of sp³-hybridized carbons (Fsp3) is 0.297. The van der Waals surface area contributed by atoms with E-state index in [4.69, 9.17) is 4.74 Å². The van der Waals surface area contributed by atoms with Gasteiger partial charge in [0.25, 0.3) is 0 Å². The molecule has 4 bridgehead atoms. The smallest absolute Gasteiger partial charge is 0.139 e. The maximum atomic E-state index is 7.57. The van der Waals surface area contributed by atoms with Gasteiger partial charge < -0.3 is 14.5 Å². The fourth-order valence-electron chi connectivity index (χ4n) is 15.1. The molecule has 5 aliphatic rings. The molecule has 0 saturated heterocycles. The van der Waals surface area contributed by atoms with E-state index in [1.807, 2.05) is 0 Å². The third-order valence-electron chi connectivity index (χ3n) is 18.8. The van der Waals surface area contributed by atoms with Crippen LogP contribution >= 0.6 is 0 Å². The monoisotopic (exact) mass is 1010 g/mol. The SMILES string of the molecule is Cc1ccccc1-c1ccc(N(c2ccc(C(C)(C)C)cc2)c2ccc3c(c2)C2(c4cc(N(c5ccc(C(C)(C)C)cc5)c5ccc(-c6ccccc6C)c(C)c5)c5ccccc5c4O3)C3CC4CC(C3)CC2C4)cc1C. The molecule has 9 aromatic carbocycles. The minimum Gasteiger partial charge on any atom is -0.456 e. The first-order chi connectivity index (χ1) is 37.0. The van der Waals surface area contributed by atoms with Crippen molar-refractivity contribution in [3.8, 4) is 33.8 Å². The summed E-state index contributed by atoms with van der Waals surface area (Å²) < 4.78 is 7.57. The summed E-state index contributed by atoms with van der Waals surface area (Å²) in [5.41, 5.74) is 22.4. The van der Waals surface area contributed by atoms with Crippen molar-refractivity contribution in [1.29, 1.82) is 0 Å². The molecule has 1 heterocycles. The van der Waals surface area contributed by atoms with E-state index in [-0.39, 0.29) is 16.2 Å². The maximum absolute atomic E-state index is 7.57. The number of hydrogen-bond donors (Lipinski definition) is 0. The standard InChI is InChI=1S/C74H74N2O/c1-46-17-11-13-19-61(46)63-34-31-58(37-48(63)3)75(56-27-23-52(24-28-56)72(5,6)7)60-33-36-70-67(44-60)74(54-40-50-39-51(42-54)43-55(74)41-50)68-45-69(65-21-15-16-22-66(65)71(68)77-70)76(57-29-25-53(26-30-57)73(8,9)10)59-32-35-64(49(4)38-59)62-20-14-12-18-47(62)2/h11-38,44-45,50-51,54-55H,39-43H2,1-10H3. The van der Waals surface area contributed by atoms with Crippen molar-refractivity contribution in [3.63, 3.8) is 0 Å². The van der Waals surface area contributed by atoms with E-state index in [9.17, 15) is 0 Å². The molecule has 14 rings (SSSR count). The van der Waals surface area contributed by atoms with Crippen molar-refractivity contribution >= 4 is 44.9 Å². The number of benzene rings is 9. The molecule has 77 heavy (non-hydrogen) atoms. The minimum atomic E-state index is -0.246. The Morgan fingerprint density at radius 3 is 1.32 bits per heavy atom. The molecule has 3 heteroatoms. The Labute approximate surface area is 458 Å². The lowest BCUT2D eigenvalue weighted by molar-refractivity contribution is -0.0450. The van der Waals surface area contributed by atoms with Gasteiger partial charge in [-0.3, -0.25) is 0 Å². The summed E-state index contributed by atoms with van der Waals surface area (Å²) in [6, 6.07) is 69.5. The zero-order valence-corrected chi connectivity index (χ0v) is 47.0. The maximum Gasteiger partial charge on any atom is 0.139 e. The summed E-state index contributed by atoms with van der Waals surface area (Å²) in [6.07, 6.45) is 6.41. The van der Waals surface area contributed by atoms with Gasteiger partial charge in [-0.05, 0) is 223 Å². The highest BCUT2D eigenvalue weighted by atomic mass is 16.5. The lowest BCUT2D eigenvalue weighted by atomic mass is 9.41. The average Bonchev–Trinajstić information content (AvgIpc) is 3.59. The van der Waals surface area contributed by atoms with Crippen LogP contribution in [0.2, 0.25) is 0 Å². The van der Waals surface area contributed by atoms with Crippen LogP contribution < -0.4 is 14.5 Å². The van der Waals surface area contributed by atoms with Crippen LogP contribution in [-0.4, -0.2) is 0 Å². The van der Waals surface area contributed by atoms with Gasteiger partial charge >= 0.3 is 0 Å². The van der Waals surface area contributed by atoms with Crippen molar-refractivity contribution in [3.05, 3.63) is 226 Å². The molecule has 0 amide bonds. The Balaban J connectivity index is 1.03. The minimum absolute atomic E-state index is 0.0259. The fourth-order valence-corrected chi connectivity index (χ4v) is 15.1. The summed E-state index contributed by atoms with van der Waals surface area (Å²) in [5, 5.41) is 2.37. The molecule has 0 N–H and O–H groups in total. The quantitative estimate of drug-likeness (QED) is 0.151. The molecule has 0 radical (unpaired) electrons. The first-order valence-corrected chi connectivity index (χ1v) is 28.6. The van der Waals surface area contributed by atoms with E-state index in [2.05, 4.69) is 261 Å². The second-order valence-electron chi connectivity index (χ2n) is 25.7. The van der Waals surface area contributed by atoms with E-state index in [1.165, 1.54) is 121 Å². The predicted molar refractivity (Wildman–Crippen MR) is 325 cm³/mol. The van der Waals surface area contributed by atoms with Crippen LogP contribution in [0.15, 0.2) is 182 Å². The third kappa shape index (κ3) is 8.21. The predicted octanol–water partition coefficient (Wildman–Crippen LogP) is 20.8. The van der Waals surface area contributed by atoms with Gasteiger partial charge in [0.05, 0.1) is 5.69 Å². The van der Waals surface area contributed by atoms with Crippen molar-refractivity contribution in [2.45, 2.75) is 118 Å². The van der Waals surface area contributed by atoms with Crippen LogP contribution in [0, 0.1) is 51.4 Å². The summed E-state index contributed by atoms with van der Waals surface area (Å²) in [6.45, 7) is 22.8. The Morgan fingerprint density at radius 2 is 0.818 bits per heavy atom. The third-order valence-corrected chi connectivity index (χ3v) is 18.8. The van der Waals surface area contributed by atoms with Crippen molar-refractivity contribution in [2.75, 3.05) is 9.80 Å². The lowest BCUT2D eigenvalue weighted by Crippen LogP contribution is -2.57. The largest absolute Gasteiger partial charge is 0.456 e. The molecule has 0 aromatic heterocycles. The van der Waals surface area contributed by atoms with Crippen LogP contribution in [0.25, 0.3) is 33.0 Å². The second kappa shape index (κ2) is 18.4. The molecule has 4 aliphatic carbocycles. The molecule has 1 aliphatic heterocycles. The van der Waals surface area contributed by atoms with Crippen LogP contribution in [-0.2, 0) is 16.2 Å². The molecule has 9 aromatic rings. The van der Waals surface area contributed by atoms with Gasteiger partial charge in [0.1, 0.15) is 11.5 Å². The number of hydrogen-bond acceptors (Lipinski definition) is 3. The molecular weight excluding hydrogens is 933 g/mol. The van der Waals surface area contributed by atoms with Gasteiger partial charge in [-0.15, -0.1) is 0 Å². The highest BCUT2D eigenvalue weighted by Gasteiger charge is 2.62. The van der Waals surface area contributed by atoms with E-state index in [0.29, 0.717) is 11.8 Å².